The van der Waals surface area contributed by atoms with Crippen molar-refractivity contribution in [1.29, 1.82) is 0 Å². The zero-order chi connectivity index (χ0) is 22.2. The summed E-state index contributed by atoms with van der Waals surface area (Å²) < 4.78 is 0. The van der Waals surface area contributed by atoms with Crippen molar-refractivity contribution in [1.82, 2.24) is 0 Å². The van der Waals surface area contributed by atoms with Gasteiger partial charge in [-0.05, 0) is 20.8 Å². The van der Waals surface area contributed by atoms with Crippen LogP contribution < -0.4 is 11.5 Å². The Balaban J connectivity index is 0.000000442. The molecule has 0 aliphatic carbocycles. The van der Waals surface area contributed by atoms with Crippen LogP contribution in [0.2, 0.25) is 0 Å². The molecule has 0 radical (unpaired) electrons. The van der Waals surface area contributed by atoms with Crippen LogP contribution in [0.3, 0.4) is 0 Å². The number of carbonyl (C=O) groups excluding carboxylic acids is 4. The molecule has 0 heterocycles. The number of Topliss-reactive ketones (excluding diaryl/α,β-unsaturated/α-hetero) is 4. The molecule has 156 valence electrons. The fourth-order valence-electron chi connectivity index (χ4n) is 1.90. The first-order valence-corrected chi connectivity index (χ1v) is 9.28. The van der Waals surface area contributed by atoms with Gasteiger partial charge in [0.2, 0.25) is 0 Å². The largest absolute Gasteiger partial charge is 0.329 e. The number of hydrogen-bond acceptors (Lipinski definition) is 6. The van der Waals surface area contributed by atoms with Gasteiger partial charge in [-0.25, -0.2) is 0 Å². The Morgan fingerprint density at radius 3 is 1.21 bits per heavy atom. The molecule has 4 N–H and O–H groups in total. The van der Waals surface area contributed by atoms with Gasteiger partial charge in [0.15, 0.2) is 11.6 Å². The van der Waals surface area contributed by atoms with Crippen molar-refractivity contribution in [3.63, 3.8) is 0 Å². The van der Waals surface area contributed by atoms with Gasteiger partial charge < -0.3 is 11.5 Å². The van der Waals surface area contributed by atoms with Crippen molar-refractivity contribution in [2.45, 2.75) is 39.7 Å². The van der Waals surface area contributed by atoms with E-state index in [2.05, 4.69) is 0 Å². The monoisotopic (exact) mass is 398 g/mol. The SMILES string of the molecule is CC(=O)CC(=O)c1ccccc1.CC(=O)CC(=O)c1ccccc1.CC(N)CN. The summed E-state index contributed by atoms with van der Waals surface area (Å²) in [7, 11) is 0. The maximum absolute atomic E-state index is 11.2. The molecule has 29 heavy (non-hydrogen) atoms. The molecule has 1 unspecified atom stereocenters. The van der Waals surface area contributed by atoms with Gasteiger partial charge in [0.05, 0.1) is 12.8 Å². The highest BCUT2D eigenvalue weighted by Crippen LogP contribution is 2.03. The fraction of sp³-hybridized carbons (Fsp3) is 0.304. The van der Waals surface area contributed by atoms with Crippen molar-refractivity contribution >= 4 is 23.1 Å². The van der Waals surface area contributed by atoms with Crippen molar-refractivity contribution < 1.29 is 19.2 Å². The lowest BCUT2D eigenvalue weighted by atomic mass is 10.1. The molecule has 0 saturated carbocycles. The number of ketones is 4. The minimum Gasteiger partial charge on any atom is -0.329 e. The zero-order valence-electron chi connectivity index (χ0n) is 17.3. The lowest BCUT2D eigenvalue weighted by molar-refractivity contribution is -0.117. The second-order valence-electron chi connectivity index (χ2n) is 6.55. The molecule has 2 aromatic rings. The smallest absolute Gasteiger partial charge is 0.170 e. The van der Waals surface area contributed by atoms with Crippen molar-refractivity contribution in [3.8, 4) is 0 Å². The van der Waals surface area contributed by atoms with Gasteiger partial charge >= 0.3 is 0 Å². The first-order valence-electron chi connectivity index (χ1n) is 9.28. The van der Waals surface area contributed by atoms with Crippen LogP contribution in [-0.2, 0) is 9.59 Å². The Hall–Kier alpha value is -2.96. The van der Waals surface area contributed by atoms with E-state index in [1.54, 1.807) is 48.5 Å². The van der Waals surface area contributed by atoms with E-state index >= 15 is 0 Å². The summed E-state index contributed by atoms with van der Waals surface area (Å²) in [6, 6.07) is 17.8. The Bertz CT molecular complexity index is 708. The summed E-state index contributed by atoms with van der Waals surface area (Å²) in [6.07, 6.45) is 0.00796. The van der Waals surface area contributed by atoms with Gasteiger partial charge in [0, 0.05) is 23.7 Å². The van der Waals surface area contributed by atoms with Crippen LogP contribution in [0.4, 0.5) is 0 Å². The van der Waals surface area contributed by atoms with Crippen molar-refractivity contribution in [2.24, 2.45) is 11.5 Å². The molecule has 0 bridgehead atoms. The number of carbonyl (C=O) groups is 4. The summed E-state index contributed by atoms with van der Waals surface area (Å²) >= 11 is 0. The number of nitrogens with two attached hydrogens (primary N) is 2. The lowest BCUT2D eigenvalue weighted by Gasteiger charge is -1.95. The highest BCUT2D eigenvalue weighted by molar-refractivity contribution is 6.07. The van der Waals surface area contributed by atoms with Crippen LogP contribution in [0, 0.1) is 0 Å². The van der Waals surface area contributed by atoms with Gasteiger partial charge in [-0.15, -0.1) is 0 Å². The minimum atomic E-state index is -0.108. The minimum absolute atomic E-state index is 0.00398. The van der Waals surface area contributed by atoms with Gasteiger partial charge in [-0.1, -0.05) is 60.7 Å². The number of rotatable bonds is 7. The molecular weight excluding hydrogens is 368 g/mol. The van der Waals surface area contributed by atoms with Gasteiger partial charge in [0.1, 0.15) is 11.6 Å². The molecule has 1 atom stereocenters. The second-order valence-corrected chi connectivity index (χ2v) is 6.55. The summed E-state index contributed by atoms with van der Waals surface area (Å²) in [5.41, 5.74) is 11.4. The van der Waals surface area contributed by atoms with E-state index in [1.807, 2.05) is 19.1 Å². The number of hydrogen-bond donors (Lipinski definition) is 2. The first-order chi connectivity index (χ1) is 13.7. The molecule has 0 spiro atoms. The highest BCUT2D eigenvalue weighted by atomic mass is 16.2. The van der Waals surface area contributed by atoms with E-state index in [0.29, 0.717) is 17.7 Å². The summed E-state index contributed by atoms with van der Waals surface area (Å²) in [6.45, 7) is 5.29. The average molecular weight is 399 g/mol. The Morgan fingerprint density at radius 2 is 1.00 bits per heavy atom. The Kier molecular flexibility index (Phi) is 13.5. The summed E-state index contributed by atoms with van der Waals surface area (Å²) in [5.74, 6) is -0.404. The van der Waals surface area contributed by atoms with Crippen molar-refractivity contribution in [3.05, 3.63) is 71.8 Å². The van der Waals surface area contributed by atoms with E-state index in [1.165, 1.54) is 13.8 Å². The average Bonchev–Trinajstić information content (AvgIpc) is 2.69. The van der Waals surface area contributed by atoms with E-state index in [9.17, 15) is 19.2 Å². The maximum atomic E-state index is 11.2. The standard InChI is InChI=1S/2C10H10O2.C3H10N2/c2*1-8(11)7-10(12)9-5-3-2-4-6-9;1-3(5)2-4/h2*2-6H,7H2,1H3;3H,2,4-5H2,1H3. The third kappa shape index (κ3) is 13.8. The van der Waals surface area contributed by atoms with Crippen LogP contribution in [-0.4, -0.2) is 35.7 Å². The predicted molar refractivity (Wildman–Crippen MR) is 115 cm³/mol. The normalized spacial score (nSPS) is 10.4. The van der Waals surface area contributed by atoms with Crippen molar-refractivity contribution in [2.75, 3.05) is 6.54 Å². The van der Waals surface area contributed by atoms with Crippen LogP contribution >= 0.6 is 0 Å². The zero-order valence-corrected chi connectivity index (χ0v) is 17.3. The topological polar surface area (TPSA) is 120 Å². The molecule has 0 saturated heterocycles. The van der Waals surface area contributed by atoms with Crippen LogP contribution in [0.15, 0.2) is 60.7 Å². The molecule has 6 nitrogen and oxygen atoms in total. The Labute approximate surface area is 172 Å². The molecular formula is C23H30N2O4. The highest BCUT2D eigenvalue weighted by Gasteiger charge is 2.07. The maximum Gasteiger partial charge on any atom is 0.170 e. The molecule has 2 rings (SSSR count). The first kappa shape index (κ1) is 26.0. The second kappa shape index (κ2) is 15.0. The third-order valence-corrected chi connectivity index (χ3v) is 3.38. The van der Waals surface area contributed by atoms with Crippen LogP contribution in [0.5, 0.6) is 0 Å². The third-order valence-electron chi connectivity index (χ3n) is 3.38. The Morgan fingerprint density at radius 1 is 0.724 bits per heavy atom. The molecule has 0 amide bonds. The summed E-state index contributed by atoms with van der Waals surface area (Å²) in [4.78, 5) is 43.7. The molecule has 0 fully saturated rings. The number of benzene rings is 2. The molecule has 0 aliphatic heterocycles. The molecule has 6 heteroatoms. The fourth-order valence-corrected chi connectivity index (χ4v) is 1.90. The lowest BCUT2D eigenvalue weighted by Crippen LogP contribution is -2.25. The van der Waals surface area contributed by atoms with E-state index in [0.717, 1.165) is 0 Å². The van der Waals surface area contributed by atoms with E-state index in [4.69, 9.17) is 11.5 Å². The molecule has 0 aliphatic rings. The van der Waals surface area contributed by atoms with Gasteiger partial charge in [0.25, 0.3) is 0 Å². The van der Waals surface area contributed by atoms with Crippen LogP contribution in [0.1, 0.15) is 54.3 Å². The quantitative estimate of drug-likeness (QED) is 0.546. The van der Waals surface area contributed by atoms with Gasteiger partial charge in [-0.2, -0.15) is 0 Å². The summed E-state index contributed by atoms with van der Waals surface area (Å²) in [5, 5.41) is 0. The van der Waals surface area contributed by atoms with Gasteiger partial charge in [-0.3, -0.25) is 19.2 Å². The van der Waals surface area contributed by atoms with Crippen LogP contribution in [0.25, 0.3) is 0 Å². The molecule has 0 aromatic heterocycles. The predicted octanol–water partition coefficient (Wildman–Crippen LogP) is 2.99. The van der Waals surface area contributed by atoms with E-state index in [-0.39, 0.29) is 42.0 Å². The molecule has 2 aromatic carbocycles. The van der Waals surface area contributed by atoms with E-state index < -0.39 is 0 Å².